The second kappa shape index (κ2) is 7.89. The number of carbonyl (C=O) groups is 1. The van der Waals surface area contributed by atoms with Crippen LogP contribution in [0.3, 0.4) is 0 Å². The molecular weight excluding hydrogens is 246 g/mol. The Morgan fingerprint density at radius 3 is 2.37 bits per heavy atom. The molecule has 5 heteroatoms. The fourth-order valence-electron chi connectivity index (χ4n) is 1.72. The summed E-state index contributed by atoms with van der Waals surface area (Å²) in [5.41, 5.74) is 0.926. The van der Waals surface area contributed by atoms with E-state index in [2.05, 4.69) is 0 Å². The van der Waals surface area contributed by atoms with Gasteiger partial charge in [-0.1, -0.05) is 30.3 Å². The van der Waals surface area contributed by atoms with Gasteiger partial charge < -0.3 is 14.9 Å². The number of hydrogen-bond acceptors (Lipinski definition) is 5. The smallest absolute Gasteiger partial charge is 0.323 e. The molecule has 0 radical (unpaired) electrons. The molecule has 0 unspecified atom stereocenters. The molecule has 0 bridgehead atoms. The molecule has 0 saturated heterocycles. The van der Waals surface area contributed by atoms with Gasteiger partial charge in [0.15, 0.2) is 6.29 Å². The van der Waals surface area contributed by atoms with Crippen LogP contribution in [0.1, 0.15) is 18.4 Å². The molecule has 1 atom stereocenters. The van der Waals surface area contributed by atoms with Gasteiger partial charge in [-0.15, -0.1) is 0 Å². The first-order valence-electron chi connectivity index (χ1n) is 6.24. The Morgan fingerprint density at radius 2 is 1.84 bits per heavy atom. The van der Waals surface area contributed by atoms with Gasteiger partial charge in [-0.3, -0.25) is 9.69 Å². The van der Waals surface area contributed by atoms with Crippen molar-refractivity contribution in [1.82, 2.24) is 4.90 Å². The first-order chi connectivity index (χ1) is 9.00. The third-order valence-corrected chi connectivity index (χ3v) is 2.82. The molecule has 5 nitrogen and oxygen atoms in total. The molecule has 0 saturated carbocycles. The number of ether oxygens (including phenoxy) is 1. The Balaban J connectivity index is 2.48. The Hall–Kier alpha value is -1.43. The summed E-state index contributed by atoms with van der Waals surface area (Å²) in [5.74, 6) is -0.352. The van der Waals surface area contributed by atoms with Crippen molar-refractivity contribution in [3.05, 3.63) is 35.9 Å². The highest BCUT2D eigenvalue weighted by molar-refractivity contribution is 5.75. The Labute approximate surface area is 113 Å². The molecule has 106 valence electrons. The third kappa shape index (κ3) is 5.83. The topological polar surface area (TPSA) is 70.0 Å². The van der Waals surface area contributed by atoms with Crippen LogP contribution in [0.2, 0.25) is 0 Å². The first kappa shape index (κ1) is 15.6. The number of hydrogen-bond donors (Lipinski definition) is 2. The van der Waals surface area contributed by atoms with Gasteiger partial charge in [0.2, 0.25) is 0 Å². The molecule has 1 rings (SSSR count). The molecule has 0 aromatic heterocycles. The lowest BCUT2D eigenvalue weighted by molar-refractivity contribution is -0.151. The largest absolute Gasteiger partial charge is 0.460 e. The second-order valence-electron chi connectivity index (χ2n) is 4.63. The summed E-state index contributed by atoms with van der Waals surface area (Å²) in [6, 6.07) is 8.97. The highest BCUT2D eigenvalue weighted by Gasteiger charge is 2.22. The summed E-state index contributed by atoms with van der Waals surface area (Å²) in [7, 11) is 3.52. The number of nitrogens with zero attached hydrogens (tertiary/aromatic N) is 1. The van der Waals surface area contributed by atoms with E-state index in [9.17, 15) is 4.79 Å². The van der Waals surface area contributed by atoms with E-state index in [1.165, 1.54) is 0 Å². The van der Waals surface area contributed by atoms with Gasteiger partial charge in [0.1, 0.15) is 12.6 Å². The van der Waals surface area contributed by atoms with Crippen LogP contribution in [0.4, 0.5) is 0 Å². The van der Waals surface area contributed by atoms with E-state index in [1.54, 1.807) is 19.0 Å². The minimum atomic E-state index is -1.40. The highest BCUT2D eigenvalue weighted by Crippen LogP contribution is 2.09. The number of esters is 1. The fourth-order valence-corrected chi connectivity index (χ4v) is 1.72. The standard InChI is InChI=1S/C14H21NO4/c1-15(2)12(8-9-13(16)17)14(18)19-10-11-6-4-3-5-7-11/h3-7,12-13,16-17H,8-10H2,1-2H3/t12-/m0/s1. The molecule has 1 aromatic rings. The summed E-state index contributed by atoms with van der Waals surface area (Å²) in [6.07, 6.45) is -0.911. The molecular formula is C14H21NO4. The molecule has 1 aromatic carbocycles. The predicted octanol–water partition coefficient (Wildman–Crippen LogP) is 0.751. The van der Waals surface area contributed by atoms with Gasteiger partial charge in [-0.25, -0.2) is 0 Å². The monoisotopic (exact) mass is 267 g/mol. The molecule has 0 heterocycles. The van der Waals surface area contributed by atoms with E-state index in [-0.39, 0.29) is 19.0 Å². The fraction of sp³-hybridized carbons (Fsp3) is 0.500. The van der Waals surface area contributed by atoms with Crippen molar-refractivity contribution < 1.29 is 19.7 Å². The quantitative estimate of drug-likeness (QED) is 0.563. The van der Waals surface area contributed by atoms with Gasteiger partial charge in [0.05, 0.1) is 0 Å². The summed E-state index contributed by atoms with van der Waals surface area (Å²) in [5, 5.41) is 17.7. The van der Waals surface area contributed by atoms with E-state index in [1.807, 2.05) is 30.3 Å². The number of rotatable bonds is 7. The Bertz CT molecular complexity index is 378. The lowest BCUT2D eigenvalue weighted by Gasteiger charge is -2.22. The minimum Gasteiger partial charge on any atom is -0.460 e. The van der Waals surface area contributed by atoms with Crippen LogP contribution in [-0.2, 0) is 16.1 Å². The zero-order valence-electron chi connectivity index (χ0n) is 11.3. The minimum absolute atomic E-state index is 0.142. The molecule has 0 aliphatic heterocycles. The lowest BCUT2D eigenvalue weighted by atomic mass is 10.1. The average molecular weight is 267 g/mol. The van der Waals surface area contributed by atoms with E-state index in [0.717, 1.165) is 5.56 Å². The summed E-state index contributed by atoms with van der Waals surface area (Å²) < 4.78 is 5.24. The van der Waals surface area contributed by atoms with E-state index in [4.69, 9.17) is 14.9 Å². The number of aliphatic hydroxyl groups excluding tert-OH is 1. The maximum atomic E-state index is 11.9. The van der Waals surface area contributed by atoms with E-state index < -0.39 is 12.3 Å². The third-order valence-electron chi connectivity index (χ3n) is 2.82. The number of carbonyl (C=O) groups excluding carboxylic acids is 1. The van der Waals surface area contributed by atoms with Crippen molar-refractivity contribution in [2.45, 2.75) is 31.8 Å². The lowest BCUT2D eigenvalue weighted by Crippen LogP contribution is -2.37. The summed E-state index contributed by atoms with van der Waals surface area (Å²) >= 11 is 0. The molecule has 0 amide bonds. The van der Waals surface area contributed by atoms with Crippen LogP contribution in [-0.4, -0.2) is 47.5 Å². The normalized spacial score (nSPS) is 12.7. The maximum absolute atomic E-state index is 11.9. The molecule has 0 fully saturated rings. The number of aliphatic hydroxyl groups is 2. The van der Waals surface area contributed by atoms with Crippen molar-refractivity contribution in [1.29, 1.82) is 0 Å². The van der Waals surface area contributed by atoms with Crippen LogP contribution < -0.4 is 0 Å². The SMILES string of the molecule is CN(C)[C@@H](CCC(O)O)C(=O)OCc1ccccc1. The molecule has 0 aliphatic rings. The average Bonchev–Trinajstić information content (AvgIpc) is 2.37. The molecule has 2 N–H and O–H groups in total. The number of benzene rings is 1. The molecule has 0 spiro atoms. The summed E-state index contributed by atoms with van der Waals surface area (Å²) in [6.45, 7) is 0.228. The van der Waals surface area contributed by atoms with Gasteiger partial charge in [0, 0.05) is 0 Å². The van der Waals surface area contributed by atoms with Crippen molar-refractivity contribution in [3.8, 4) is 0 Å². The van der Waals surface area contributed by atoms with Gasteiger partial charge in [-0.2, -0.15) is 0 Å². The van der Waals surface area contributed by atoms with Gasteiger partial charge in [-0.05, 0) is 32.5 Å². The van der Waals surface area contributed by atoms with Crippen LogP contribution >= 0.6 is 0 Å². The van der Waals surface area contributed by atoms with Crippen molar-refractivity contribution in [2.75, 3.05) is 14.1 Å². The Kier molecular flexibility index (Phi) is 6.49. The van der Waals surface area contributed by atoms with Crippen molar-refractivity contribution in [2.24, 2.45) is 0 Å². The molecule has 19 heavy (non-hydrogen) atoms. The Morgan fingerprint density at radius 1 is 1.21 bits per heavy atom. The molecule has 0 aliphatic carbocycles. The van der Waals surface area contributed by atoms with Crippen molar-refractivity contribution >= 4 is 5.97 Å². The zero-order valence-corrected chi connectivity index (χ0v) is 11.3. The van der Waals surface area contributed by atoms with Crippen molar-refractivity contribution in [3.63, 3.8) is 0 Å². The summed E-state index contributed by atoms with van der Waals surface area (Å²) in [4.78, 5) is 13.7. The first-order valence-corrected chi connectivity index (χ1v) is 6.24. The van der Waals surface area contributed by atoms with E-state index in [0.29, 0.717) is 6.42 Å². The zero-order chi connectivity index (χ0) is 14.3. The van der Waals surface area contributed by atoms with Crippen LogP contribution in [0.5, 0.6) is 0 Å². The maximum Gasteiger partial charge on any atom is 0.323 e. The number of likely N-dealkylation sites (N-methyl/N-ethyl adjacent to an activating group) is 1. The van der Waals surface area contributed by atoms with Gasteiger partial charge in [0.25, 0.3) is 0 Å². The van der Waals surface area contributed by atoms with Crippen LogP contribution in [0, 0.1) is 0 Å². The van der Waals surface area contributed by atoms with Crippen LogP contribution in [0.25, 0.3) is 0 Å². The van der Waals surface area contributed by atoms with Crippen LogP contribution in [0.15, 0.2) is 30.3 Å². The predicted molar refractivity (Wildman–Crippen MR) is 71.2 cm³/mol. The van der Waals surface area contributed by atoms with E-state index >= 15 is 0 Å². The second-order valence-corrected chi connectivity index (χ2v) is 4.63. The highest BCUT2D eigenvalue weighted by atomic mass is 16.5. The van der Waals surface area contributed by atoms with Gasteiger partial charge >= 0.3 is 5.97 Å².